The predicted octanol–water partition coefficient (Wildman–Crippen LogP) is 1.50. The maximum Gasteiger partial charge on any atom is 0.309 e. The number of nitrogens with one attached hydrogen (secondary N) is 2. The van der Waals surface area contributed by atoms with Crippen molar-refractivity contribution in [3.05, 3.63) is 47.4 Å². The highest BCUT2D eigenvalue weighted by Crippen LogP contribution is 2.40. The number of carbonyl (C=O) groups is 2. The van der Waals surface area contributed by atoms with Gasteiger partial charge in [0, 0.05) is 24.8 Å². The fourth-order valence-corrected chi connectivity index (χ4v) is 3.85. The highest BCUT2D eigenvalue weighted by molar-refractivity contribution is 5.93. The fourth-order valence-electron chi connectivity index (χ4n) is 3.85. The lowest BCUT2D eigenvalue weighted by molar-refractivity contribution is -0.142. The molecule has 2 atom stereocenters. The van der Waals surface area contributed by atoms with Crippen LogP contribution in [0.2, 0.25) is 0 Å². The first-order valence-corrected chi connectivity index (χ1v) is 9.53. The topological polar surface area (TPSA) is 134 Å². The number of rotatable bonds is 5. The van der Waals surface area contributed by atoms with Crippen LogP contribution >= 0.6 is 0 Å². The van der Waals surface area contributed by atoms with Gasteiger partial charge in [-0.3, -0.25) is 9.59 Å². The second kappa shape index (κ2) is 8.04. The van der Waals surface area contributed by atoms with Crippen molar-refractivity contribution in [3.63, 3.8) is 0 Å². The van der Waals surface area contributed by atoms with Crippen LogP contribution in [0.4, 0.5) is 5.82 Å². The molecule has 1 aromatic heterocycles. The third-order valence-electron chi connectivity index (χ3n) is 5.41. The average Bonchev–Trinajstić information content (AvgIpc) is 3.09. The van der Waals surface area contributed by atoms with Gasteiger partial charge in [0.2, 0.25) is 0 Å². The van der Waals surface area contributed by atoms with Crippen LogP contribution in [0.25, 0.3) is 0 Å². The van der Waals surface area contributed by atoms with E-state index in [0.29, 0.717) is 30.2 Å². The quantitative estimate of drug-likeness (QED) is 0.595. The van der Waals surface area contributed by atoms with E-state index in [0.717, 1.165) is 12.8 Å². The highest BCUT2D eigenvalue weighted by atomic mass is 16.5. The Balaban J connectivity index is 1.47. The molecule has 1 fully saturated rings. The van der Waals surface area contributed by atoms with Gasteiger partial charge in [0.1, 0.15) is 17.3 Å². The Labute approximate surface area is 167 Å². The molecule has 1 aliphatic carbocycles. The van der Waals surface area contributed by atoms with Crippen molar-refractivity contribution in [3.8, 4) is 5.75 Å². The minimum Gasteiger partial charge on any atom is -0.508 e. The number of hydrogen-bond acceptors (Lipinski definition) is 7. The minimum absolute atomic E-state index is 0.0360. The van der Waals surface area contributed by atoms with E-state index in [4.69, 9.17) is 4.74 Å². The molecular formula is C20H22N4O5. The van der Waals surface area contributed by atoms with Crippen LogP contribution in [-0.2, 0) is 16.0 Å². The highest BCUT2D eigenvalue weighted by Gasteiger charge is 2.39. The lowest BCUT2D eigenvalue weighted by Crippen LogP contribution is -2.35. The van der Waals surface area contributed by atoms with Gasteiger partial charge in [-0.2, -0.15) is 0 Å². The third-order valence-corrected chi connectivity index (χ3v) is 5.41. The van der Waals surface area contributed by atoms with Gasteiger partial charge in [-0.05, 0) is 30.9 Å². The zero-order valence-electron chi connectivity index (χ0n) is 15.7. The molecule has 29 heavy (non-hydrogen) atoms. The van der Waals surface area contributed by atoms with Gasteiger partial charge in [0.05, 0.1) is 24.4 Å². The average molecular weight is 398 g/mol. The predicted molar refractivity (Wildman–Crippen MR) is 103 cm³/mol. The monoisotopic (exact) mass is 398 g/mol. The number of aromatic hydroxyl groups is 1. The molecule has 2 aliphatic rings. The summed E-state index contributed by atoms with van der Waals surface area (Å²) in [6.45, 7) is 1.41. The summed E-state index contributed by atoms with van der Waals surface area (Å²) in [6.07, 6.45) is 4.78. The number of phenols is 1. The number of phenolic OH excluding ortho intramolecular Hbond substituents is 1. The Morgan fingerprint density at radius 3 is 2.62 bits per heavy atom. The Hall–Kier alpha value is -3.20. The number of aromatic nitrogens is 2. The molecule has 0 bridgehead atoms. The second-order valence-electron chi connectivity index (χ2n) is 7.26. The van der Waals surface area contributed by atoms with E-state index in [1.165, 1.54) is 18.5 Å². The lowest BCUT2D eigenvalue weighted by Gasteiger charge is -2.23. The minimum atomic E-state index is -1.03. The first kappa shape index (κ1) is 19.1. The number of carboxylic acid groups (broad SMARTS) is 1. The van der Waals surface area contributed by atoms with E-state index < -0.39 is 23.8 Å². The first-order chi connectivity index (χ1) is 14.0. The molecular weight excluding hydrogens is 376 g/mol. The number of carbonyl (C=O) groups excluding carboxylic acids is 1. The van der Waals surface area contributed by atoms with Crippen LogP contribution in [0, 0.1) is 5.92 Å². The van der Waals surface area contributed by atoms with Crippen molar-refractivity contribution in [2.24, 2.45) is 5.92 Å². The molecule has 1 saturated heterocycles. The number of hydrogen-bond donors (Lipinski definition) is 4. The zero-order chi connectivity index (χ0) is 20.4. The number of amides is 1. The second-order valence-corrected chi connectivity index (χ2v) is 7.26. The molecule has 4 rings (SSSR count). The van der Waals surface area contributed by atoms with Crippen LogP contribution in [0.5, 0.6) is 5.75 Å². The fraction of sp³-hybridized carbons (Fsp3) is 0.400. The summed E-state index contributed by atoms with van der Waals surface area (Å²) < 4.78 is 5.32. The zero-order valence-corrected chi connectivity index (χ0v) is 15.7. The third kappa shape index (κ3) is 4.00. The number of anilines is 1. The summed E-state index contributed by atoms with van der Waals surface area (Å²) >= 11 is 0. The number of carboxylic acids is 1. The van der Waals surface area contributed by atoms with E-state index in [2.05, 4.69) is 20.6 Å². The van der Waals surface area contributed by atoms with Gasteiger partial charge in [-0.15, -0.1) is 0 Å². The molecule has 1 aliphatic heterocycles. The smallest absolute Gasteiger partial charge is 0.309 e. The maximum atomic E-state index is 12.7. The lowest BCUT2D eigenvalue weighted by atomic mass is 10.0. The summed E-state index contributed by atoms with van der Waals surface area (Å²) in [4.78, 5) is 32.7. The normalized spacial score (nSPS) is 21.4. The molecule has 1 aromatic carbocycles. The van der Waals surface area contributed by atoms with Gasteiger partial charge in [-0.25, -0.2) is 9.97 Å². The van der Waals surface area contributed by atoms with Crippen molar-refractivity contribution < 1.29 is 24.5 Å². The van der Waals surface area contributed by atoms with E-state index in [9.17, 15) is 19.8 Å². The molecule has 0 spiro atoms. The van der Waals surface area contributed by atoms with E-state index in [-0.39, 0.29) is 23.9 Å². The first-order valence-electron chi connectivity index (χ1n) is 9.53. The molecule has 9 nitrogen and oxygen atoms in total. The number of ether oxygens (including phenoxy) is 1. The van der Waals surface area contributed by atoms with Crippen LogP contribution in [0.15, 0.2) is 30.6 Å². The standard InChI is InChI=1S/C20H22N4O5/c25-16-3-1-2-12-13(16)8-14(20(27)28)18(12)24-19(26)15-9-22-17(10-21-15)23-11-4-6-29-7-5-11/h1-3,9-11,14,18,25H,4-8H2,(H,22,23)(H,24,26)(H,27,28)/t14-,18+/m0/s1. The van der Waals surface area contributed by atoms with E-state index in [1.54, 1.807) is 12.1 Å². The SMILES string of the molecule is O=C(N[C@@H]1c2cccc(O)c2C[C@@H]1C(=O)O)c1cnc(NC2CCOCC2)cn1. The van der Waals surface area contributed by atoms with Crippen molar-refractivity contribution in [2.45, 2.75) is 31.3 Å². The largest absolute Gasteiger partial charge is 0.508 e. The molecule has 9 heteroatoms. The van der Waals surface area contributed by atoms with E-state index >= 15 is 0 Å². The molecule has 0 radical (unpaired) electrons. The summed E-state index contributed by atoms with van der Waals surface area (Å²) in [7, 11) is 0. The molecule has 152 valence electrons. The van der Waals surface area contributed by atoms with Crippen LogP contribution in [-0.4, -0.2) is 51.3 Å². The van der Waals surface area contributed by atoms with Crippen molar-refractivity contribution in [1.82, 2.24) is 15.3 Å². The van der Waals surface area contributed by atoms with Gasteiger partial charge in [0.25, 0.3) is 5.91 Å². The summed E-state index contributed by atoms with van der Waals surface area (Å²) in [5, 5.41) is 25.6. The molecule has 1 amide bonds. The van der Waals surface area contributed by atoms with Crippen LogP contribution < -0.4 is 10.6 Å². The van der Waals surface area contributed by atoms with E-state index in [1.807, 2.05) is 0 Å². The number of nitrogens with zero attached hydrogens (tertiary/aromatic N) is 2. The van der Waals surface area contributed by atoms with Gasteiger partial charge in [0.15, 0.2) is 0 Å². The Bertz CT molecular complexity index is 912. The number of aliphatic carboxylic acids is 1. The molecule has 2 heterocycles. The Morgan fingerprint density at radius 1 is 1.14 bits per heavy atom. The van der Waals surface area contributed by atoms with Crippen LogP contribution in [0.3, 0.4) is 0 Å². The Morgan fingerprint density at radius 2 is 1.93 bits per heavy atom. The molecule has 4 N–H and O–H groups in total. The summed E-state index contributed by atoms with van der Waals surface area (Å²) in [5.41, 5.74) is 1.25. The summed E-state index contributed by atoms with van der Waals surface area (Å²) in [5.74, 6) is -1.79. The molecule has 0 unspecified atom stereocenters. The van der Waals surface area contributed by atoms with Crippen molar-refractivity contribution in [2.75, 3.05) is 18.5 Å². The maximum absolute atomic E-state index is 12.7. The van der Waals surface area contributed by atoms with Gasteiger partial charge in [-0.1, -0.05) is 12.1 Å². The Kier molecular flexibility index (Phi) is 5.30. The summed E-state index contributed by atoms with van der Waals surface area (Å²) in [6, 6.07) is 4.38. The number of benzene rings is 1. The number of fused-ring (bicyclic) bond motifs is 1. The van der Waals surface area contributed by atoms with Crippen LogP contribution in [0.1, 0.15) is 40.5 Å². The van der Waals surface area contributed by atoms with Gasteiger partial charge < -0.3 is 25.6 Å². The molecule has 2 aromatic rings. The molecule has 0 saturated carbocycles. The van der Waals surface area contributed by atoms with Crippen molar-refractivity contribution in [1.29, 1.82) is 0 Å². The van der Waals surface area contributed by atoms with Crippen molar-refractivity contribution >= 4 is 17.7 Å². The van der Waals surface area contributed by atoms with Gasteiger partial charge >= 0.3 is 5.97 Å².